The molecule has 0 aromatic carbocycles. The fraction of sp³-hybridized carbons (Fsp3) is 0.333. The van der Waals surface area contributed by atoms with E-state index in [1.165, 1.54) is 6.20 Å². The molecule has 0 saturated heterocycles. The molecule has 3 heteroatoms. The minimum absolute atomic E-state index is 0.383. The van der Waals surface area contributed by atoms with E-state index in [0.717, 1.165) is 5.70 Å². The summed E-state index contributed by atoms with van der Waals surface area (Å²) >= 11 is 0. The first-order chi connectivity index (χ1) is 5.74. The molecule has 64 valence electrons. The maximum Gasteiger partial charge on any atom is 0.0915 e. The smallest absolute Gasteiger partial charge is 0.0915 e. The van der Waals surface area contributed by atoms with Crippen molar-refractivity contribution < 1.29 is 0 Å². The molecule has 0 aliphatic carbocycles. The standard InChI is InChI=1S/C9H13N3/c1-4-10-6-9-5-8(2)12(3)7-11-9/h4-8H,1H2,2-3H3/b10-6-. The van der Waals surface area contributed by atoms with Crippen LogP contribution in [0.25, 0.3) is 0 Å². The van der Waals surface area contributed by atoms with E-state index in [9.17, 15) is 0 Å². The number of hydrogen-bond donors (Lipinski definition) is 0. The summed E-state index contributed by atoms with van der Waals surface area (Å²) in [5.74, 6) is 0. The minimum atomic E-state index is 0.383. The first-order valence-electron chi connectivity index (χ1n) is 3.86. The molecule has 0 amide bonds. The Bertz CT molecular complexity index is 250. The Balaban J connectivity index is 2.69. The van der Waals surface area contributed by atoms with E-state index in [1.54, 1.807) is 12.6 Å². The Morgan fingerprint density at radius 2 is 2.50 bits per heavy atom. The second-order valence-electron chi connectivity index (χ2n) is 2.70. The summed E-state index contributed by atoms with van der Waals surface area (Å²) in [4.78, 5) is 10.1. The highest BCUT2D eigenvalue weighted by Gasteiger charge is 2.07. The van der Waals surface area contributed by atoms with Crippen LogP contribution in [-0.2, 0) is 0 Å². The molecular formula is C9H13N3. The molecule has 3 nitrogen and oxygen atoms in total. The summed E-state index contributed by atoms with van der Waals surface area (Å²) in [5, 5.41) is 0. The minimum Gasteiger partial charge on any atom is -0.359 e. The van der Waals surface area contributed by atoms with E-state index in [-0.39, 0.29) is 0 Å². The van der Waals surface area contributed by atoms with Crippen LogP contribution in [0, 0.1) is 0 Å². The monoisotopic (exact) mass is 163 g/mol. The second-order valence-corrected chi connectivity index (χ2v) is 2.70. The molecule has 1 unspecified atom stereocenters. The third kappa shape index (κ3) is 2.05. The fourth-order valence-electron chi connectivity index (χ4n) is 0.876. The largest absolute Gasteiger partial charge is 0.359 e. The average Bonchev–Trinajstić information content (AvgIpc) is 2.07. The number of hydrogen-bond acceptors (Lipinski definition) is 3. The van der Waals surface area contributed by atoms with Crippen molar-refractivity contribution in [1.29, 1.82) is 0 Å². The van der Waals surface area contributed by atoms with Gasteiger partial charge in [0.2, 0.25) is 0 Å². The zero-order chi connectivity index (χ0) is 8.97. The number of aliphatic imine (C=N–C) groups is 2. The lowest BCUT2D eigenvalue weighted by molar-refractivity contribution is 0.458. The molecule has 1 heterocycles. The van der Waals surface area contributed by atoms with Gasteiger partial charge in [0.05, 0.1) is 18.3 Å². The molecule has 0 fully saturated rings. The molecule has 0 spiro atoms. The summed E-state index contributed by atoms with van der Waals surface area (Å²) in [7, 11) is 1.99. The van der Waals surface area contributed by atoms with Crippen molar-refractivity contribution in [2.75, 3.05) is 7.05 Å². The van der Waals surface area contributed by atoms with Crippen LogP contribution in [0.15, 0.2) is 34.5 Å². The molecule has 12 heavy (non-hydrogen) atoms. The molecule has 0 saturated carbocycles. The highest BCUT2D eigenvalue weighted by molar-refractivity contribution is 5.82. The maximum absolute atomic E-state index is 4.16. The van der Waals surface area contributed by atoms with Crippen LogP contribution >= 0.6 is 0 Å². The van der Waals surface area contributed by atoms with Crippen LogP contribution in [0.5, 0.6) is 0 Å². The van der Waals surface area contributed by atoms with Gasteiger partial charge in [0.15, 0.2) is 0 Å². The van der Waals surface area contributed by atoms with Crippen molar-refractivity contribution in [2.45, 2.75) is 13.0 Å². The van der Waals surface area contributed by atoms with Crippen LogP contribution in [0.1, 0.15) is 6.92 Å². The van der Waals surface area contributed by atoms with Gasteiger partial charge in [-0.2, -0.15) is 0 Å². The quantitative estimate of drug-likeness (QED) is 0.566. The van der Waals surface area contributed by atoms with E-state index in [1.807, 2.05) is 18.0 Å². The topological polar surface area (TPSA) is 28.0 Å². The third-order valence-corrected chi connectivity index (χ3v) is 1.76. The van der Waals surface area contributed by atoms with Crippen molar-refractivity contribution in [3.05, 3.63) is 24.6 Å². The summed E-state index contributed by atoms with van der Waals surface area (Å²) in [6.07, 6.45) is 7.05. The second kappa shape index (κ2) is 3.85. The first-order valence-corrected chi connectivity index (χ1v) is 3.86. The Hall–Kier alpha value is -1.38. The molecule has 1 aliphatic rings. The Kier molecular flexibility index (Phi) is 2.80. The number of rotatable bonds is 2. The lowest BCUT2D eigenvalue weighted by atomic mass is 10.2. The van der Waals surface area contributed by atoms with Crippen LogP contribution in [0.2, 0.25) is 0 Å². The zero-order valence-electron chi connectivity index (χ0n) is 7.44. The predicted molar refractivity (Wildman–Crippen MR) is 52.5 cm³/mol. The van der Waals surface area contributed by atoms with Gasteiger partial charge < -0.3 is 4.90 Å². The van der Waals surface area contributed by atoms with Crippen LogP contribution in [0.4, 0.5) is 0 Å². The Morgan fingerprint density at radius 3 is 3.08 bits per heavy atom. The van der Waals surface area contributed by atoms with Gasteiger partial charge in [-0.3, -0.25) is 4.99 Å². The third-order valence-electron chi connectivity index (χ3n) is 1.76. The van der Waals surface area contributed by atoms with Gasteiger partial charge in [-0.15, -0.1) is 0 Å². The van der Waals surface area contributed by atoms with Gasteiger partial charge in [0.25, 0.3) is 0 Å². The van der Waals surface area contributed by atoms with Crippen molar-refractivity contribution in [1.82, 2.24) is 4.90 Å². The highest BCUT2D eigenvalue weighted by Crippen LogP contribution is 2.06. The Morgan fingerprint density at radius 1 is 1.75 bits per heavy atom. The summed E-state index contributed by atoms with van der Waals surface area (Å²) in [5.41, 5.74) is 0.889. The number of likely N-dealkylation sites (N-methyl/N-ethyl adjacent to an activating group) is 1. The molecule has 1 atom stereocenters. The molecule has 1 aliphatic heterocycles. The average molecular weight is 163 g/mol. The normalized spacial score (nSPS) is 23.0. The van der Waals surface area contributed by atoms with Gasteiger partial charge in [-0.25, -0.2) is 4.99 Å². The van der Waals surface area contributed by atoms with Crippen LogP contribution < -0.4 is 0 Å². The van der Waals surface area contributed by atoms with Crippen molar-refractivity contribution >= 4 is 12.6 Å². The summed E-state index contributed by atoms with van der Waals surface area (Å²) in [6.45, 7) is 5.60. The Labute approximate surface area is 72.8 Å². The summed E-state index contributed by atoms with van der Waals surface area (Å²) < 4.78 is 0. The van der Waals surface area contributed by atoms with Crippen molar-refractivity contribution in [2.24, 2.45) is 9.98 Å². The van der Waals surface area contributed by atoms with E-state index in [2.05, 4.69) is 23.5 Å². The van der Waals surface area contributed by atoms with Gasteiger partial charge in [0.1, 0.15) is 0 Å². The molecule has 0 radical (unpaired) electrons. The van der Waals surface area contributed by atoms with E-state index >= 15 is 0 Å². The zero-order valence-corrected chi connectivity index (χ0v) is 7.44. The lowest BCUT2D eigenvalue weighted by Crippen LogP contribution is -2.28. The molecule has 0 aromatic rings. The molecular weight excluding hydrogens is 150 g/mol. The predicted octanol–water partition coefficient (Wildman–Crippen LogP) is 1.45. The van der Waals surface area contributed by atoms with Crippen molar-refractivity contribution in [3.8, 4) is 0 Å². The van der Waals surface area contributed by atoms with Gasteiger partial charge in [-0.05, 0) is 13.0 Å². The van der Waals surface area contributed by atoms with E-state index in [0.29, 0.717) is 6.04 Å². The van der Waals surface area contributed by atoms with Crippen molar-refractivity contribution in [3.63, 3.8) is 0 Å². The molecule has 0 aromatic heterocycles. The van der Waals surface area contributed by atoms with Gasteiger partial charge >= 0.3 is 0 Å². The molecule has 1 rings (SSSR count). The highest BCUT2D eigenvalue weighted by atomic mass is 15.2. The molecule has 0 bridgehead atoms. The first kappa shape index (κ1) is 8.71. The van der Waals surface area contributed by atoms with Gasteiger partial charge in [-0.1, -0.05) is 6.58 Å². The SMILES string of the molecule is C=C/N=C\C1=CC(C)N(C)C=N1. The maximum atomic E-state index is 4.16. The number of nitrogens with zero attached hydrogens (tertiary/aromatic N) is 3. The fourth-order valence-corrected chi connectivity index (χ4v) is 0.876. The number of allylic oxidation sites excluding steroid dienone is 1. The van der Waals surface area contributed by atoms with Gasteiger partial charge in [0, 0.05) is 19.3 Å². The molecule has 0 N–H and O–H groups in total. The van der Waals surface area contributed by atoms with E-state index < -0.39 is 0 Å². The lowest BCUT2D eigenvalue weighted by Gasteiger charge is -2.22. The van der Waals surface area contributed by atoms with Crippen LogP contribution in [0.3, 0.4) is 0 Å². The van der Waals surface area contributed by atoms with E-state index in [4.69, 9.17) is 0 Å². The van der Waals surface area contributed by atoms with Crippen LogP contribution in [-0.4, -0.2) is 30.5 Å². The summed E-state index contributed by atoms with van der Waals surface area (Å²) in [6, 6.07) is 0.383.